The van der Waals surface area contributed by atoms with Crippen molar-refractivity contribution >= 4 is 0 Å². The van der Waals surface area contributed by atoms with Gasteiger partial charge < -0.3 is 23.7 Å². The van der Waals surface area contributed by atoms with E-state index in [1.165, 1.54) is 18.4 Å². The van der Waals surface area contributed by atoms with E-state index < -0.39 is 0 Å². The molecule has 5 nitrogen and oxygen atoms in total. The van der Waals surface area contributed by atoms with Gasteiger partial charge in [0.1, 0.15) is 0 Å². The molecule has 1 heterocycles. The van der Waals surface area contributed by atoms with Gasteiger partial charge in [-0.25, -0.2) is 0 Å². The van der Waals surface area contributed by atoms with Gasteiger partial charge in [0.25, 0.3) is 0 Å². The molecule has 1 aliphatic heterocycles. The van der Waals surface area contributed by atoms with E-state index in [9.17, 15) is 0 Å². The number of ether oxygens (including phenoxy) is 5. The van der Waals surface area contributed by atoms with Crippen molar-refractivity contribution in [1.82, 2.24) is 0 Å². The summed E-state index contributed by atoms with van der Waals surface area (Å²) in [6, 6.07) is 10.4. The molecule has 1 saturated heterocycles. The van der Waals surface area contributed by atoms with E-state index in [0.29, 0.717) is 18.8 Å². The van der Waals surface area contributed by atoms with Crippen LogP contribution in [0.3, 0.4) is 0 Å². The third kappa shape index (κ3) is 9.88. The van der Waals surface area contributed by atoms with Crippen LogP contribution in [0.2, 0.25) is 0 Å². The summed E-state index contributed by atoms with van der Waals surface area (Å²) in [5.41, 5.74) is 1.24. The summed E-state index contributed by atoms with van der Waals surface area (Å²) in [6.45, 7) is 4.89. The lowest BCUT2D eigenvalue weighted by Gasteiger charge is -2.35. The summed E-state index contributed by atoms with van der Waals surface area (Å²) >= 11 is 0. The van der Waals surface area contributed by atoms with E-state index in [4.69, 9.17) is 23.7 Å². The zero-order valence-electron chi connectivity index (χ0n) is 18.5. The topological polar surface area (TPSA) is 46.2 Å². The first-order valence-electron chi connectivity index (χ1n) is 12.0. The van der Waals surface area contributed by atoms with Crippen molar-refractivity contribution in [3.8, 4) is 0 Å². The van der Waals surface area contributed by atoms with E-state index >= 15 is 0 Å². The van der Waals surface area contributed by atoms with Crippen molar-refractivity contribution in [2.75, 3.05) is 33.0 Å². The highest BCUT2D eigenvalue weighted by Gasteiger charge is 2.30. The Balaban J connectivity index is 1.02. The lowest BCUT2D eigenvalue weighted by atomic mass is 9.92. The van der Waals surface area contributed by atoms with Crippen LogP contribution in [0.15, 0.2) is 30.3 Å². The molecule has 1 aromatic rings. The Bertz CT molecular complexity index is 526. The maximum Gasteiger partial charge on any atom is 0.157 e. The smallest absolute Gasteiger partial charge is 0.157 e. The predicted molar refractivity (Wildman–Crippen MR) is 117 cm³/mol. The van der Waals surface area contributed by atoms with Gasteiger partial charge in [-0.05, 0) is 69.8 Å². The second kappa shape index (κ2) is 14.9. The highest BCUT2D eigenvalue weighted by molar-refractivity contribution is 5.13. The minimum atomic E-state index is 0.0462. The molecule has 2 aliphatic rings. The average Bonchev–Trinajstić information content (AvgIpc) is 2.76. The van der Waals surface area contributed by atoms with E-state index in [-0.39, 0.29) is 6.29 Å². The maximum absolute atomic E-state index is 5.92. The molecule has 30 heavy (non-hydrogen) atoms. The second-order valence-electron chi connectivity index (χ2n) is 8.43. The van der Waals surface area contributed by atoms with Crippen molar-refractivity contribution in [2.24, 2.45) is 0 Å². The van der Waals surface area contributed by atoms with Crippen LogP contribution in [0.5, 0.6) is 0 Å². The number of rotatable bonds is 16. The Labute approximate surface area is 182 Å². The molecule has 0 aromatic heterocycles. The Kier molecular flexibility index (Phi) is 11.8. The molecular weight excluding hydrogens is 380 g/mol. The quantitative estimate of drug-likeness (QED) is 0.341. The van der Waals surface area contributed by atoms with Crippen molar-refractivity contribution < 1.29 is 23.7 Å². The molecule has 1 saturated carbocycles. The molecule has 0 spiro atoms. The fourth-order valence-electron chi connectivity index (χ4n) is 3.78. The van der Waals surface area contributed by atoms with Gasteiger partial charge in [-0.3, -0.25) is 0 Å². The molecule has 0 bridgehead atoms. The van der Waals surface area contributed by atoms with Gasteiger partial charge in [-0.15, -0.1) is 0 Å². The first-order chi connectivity index (χ1) is 14.9. The number of benzene rings is 1. The Morgan fingerprint density at radius 3 is 2.23 bits per heavy atom. The fourth-order valence-corrected chi connectivity index (χ4v) is 3.78. The molecule has 170 valence electrons. The monoisotopic (exact) mass is 420 g/mol. The van der Waals surface area contributed by atoms with E-state index in [0.717, 1.165) is 84.4 Å². The molecule has 0 amide bonds. The molecule has 0 radical (unpaired) electrons. The molecule has 2 fully saturated rings. The summed E-state index contributed by atoms with van der Waals surface area (Å²) in [5, 5.41) is 0. The molecule has 1 unspecified atom stereocenters. The van der Waals surface area contributed by atoms with Gasteiger partial charge in [-0.1, -0.05) is 30.3 Å². The Morgan fingerprint density at radius 1 is 0.733 bits per heavy atom. The predicted octanol–water partition coefficient (Wildman–Crippen LogP) is 5.26. The average molecular weight is 421 g/mol. The summed E-state index contributed by atoms with van der Waals surface area (Å²) in [6.07, 6.45) is 11.8. The minimum absolute atomic E-state index is 0.0462. The second-order valence-corrected chi connectivity index (χ2v) is 8.43. The number of hydrogen-bond acceptors (Lipinski definition) is 5. The van der Waals surface area contributed by atoms with Crippen molar-refractivity contribution in [2.45, 2.75) is 89.3 Å². The van der Waals surface area contributed by atoms with Crippen LogP contribution in [0.1, 0.15) is 69.8 Å². The van der Waals surface area contributed by atoms with Crippen LogP contribution in [-0.2, 0) is 30.3 Å². The lowest BCUT2D eigenvalue weighted by molar-refractivity contribution is -0.162. The van der Waals surface area contributed by atoms with E-state index in [1.807, 2.05) is 6.07 Å². The zero-order valence-corrected chi connectivity index (χ0v) is 18.5. The molecule has 1 aliphatic carbocycles. The van der Waals surface area contributed by atoms with Crippen LogP contribution in [0.4, 0.5) is 0 Å². The van der Waals surface area contributed by atoms with Crippen LogP contribution in [0.25, 0.3) is 0 Å². The molecular formula is C25H40O5. The molecule has 1 aromatic carbocycles. The molecule has 1 atom stereocenters. The highest BCUT2D eigenvalue weighted by Crippen LogP contribution is 2.27. The lowest BCUT2D eigenvalue weighted by Crippen LogP contribution is -2.37. The molecule has 0 N–H and O–H groups in total. The van der Waals surface area contributed by atoms with Crippen LogP contribution in [0, 0.1) is 0 Å². The third-order valence-electron chi connectivity index (χ3n) is 5.79. The van der Waals surface area contributed by atoms with Crippen molar-refractivity contribution in [1.29, 1.82) is 0 Å². The summed E-state index contributed by atoms with van der Waals surface area (Å²) in [7, 11) is 0. The van der Waals surface area contributed by atoms with Gasteiger partial charge in [0.15, 0.2) is 6.29 Å². The van der Waals surface area contributed by atoms with Crippen molar-refractivity contribution in [3.05, 3.63) is 35.9 Å². The van der Waals surface area contributed by atoms with E-state index in [2.05, 4.69) is 24.3 Å². The van der Waals surface area contributed by atoms with E-state index in [1.54, 1.807) is 0 Å². The van der Waals surface area contributed by atoms with Gasteiger partial charge in [0, 0.05) is 33.0 Å². The van der Waals surface area contributed by atoms with Gasteiger partial charge in [-0.2, -0.15) is 0 Å². The fraction of sp³-hybridized carbons (Fsp3) is 0.760. The summed E-state index contributed by atoms with van der Waals surface area (Å²) in [5.74, 6) is 0. The standard InChI is InChI=1S/C25H40O5/c1-3-11-22(12-4-1)21-30-24-19-23(20-24)27-16-10-9-15-26-14-6-2-7-17-28-25-13-5-8-18-29-25/h1,3-4,11-12,23-25H,2,5-10,13-21H2/t23-,24-,25?. The zero-order chi connectivity index (χ0) is 20.7. The Morgan fingerprint density at radius 2 is 1.43 bits per heavy atom. The number of hydrogen-bond donors (Lipinski definition) is 0. The van der Waals surface area contributed by atoms with Crippen molar-refractivity contribution in [3.63, 3.8) is 0 Å². The molecule has 3 rings (SSSR count). The van der Waals surface area contributed by atoms with Crippen LogP contribution >= 0.6 is 0 Å². The van der Waals surface area contributed by atoms with Gasteiger partial charge >= 0.3 is 0 Å². The van der Waals surface area contributed by atoms with Gasteiger partial charge in [0.05, 0.1) is 18.8 Å². The molecule has 5 heteroatoms. The first kappa shape index (κ1) is 23.7. The summed E-state index contributed by atoms with van der Waals surface area (Å²) < 4.78 is 28.9. The van der Waals surface area contributed by atoms with Crippen LogP contribution in [-0.4, -0.2) is 51.5 Å². The van der Waals surface area contributed by atoms with Gasteiger partial charge in [0.2, 0.25) is 0 Å². The SMILES string of the molecule is c1ccc(CO[C@H]2C[C@H](OCCCCOCCCCCOC3CCCCO3)C2)cc1. The third-order valence-corrected chi connectivity index (χ3v) is 5.79. The minimum Gasteiger partial charge on any atom is -0.381 e. The highest BCUT2D eigenvalue weighted by atomic mass is 16.7. The largest absolute Gasteiger partial charge is 0.381 e. The van der Waals surface area contributed by atoms with Crippen LogP contribution < -0.4 is 0 Å². The summed E-state index contributed by atoms with van der Waals surface area (Å²) in [4.78, 5) is 0. The maximum atomic E-state index is 5.92. The number of unbranched alkanes of at least 4 members (excludes halogenated alkanes) is 3. The first-order valence-corrected chi connectivity index (χ1v) is 12.0. The normalized spacial score (nSPS) is 23.9. The Hall–Kier alpha value is -0.980.